The van der Waals surface area contributed by atoms with E-state index in [9.17, 15) is 8.42 Å². The fourth-order valence-electron chi connectivity index (χ4n) is 4.64. The number of ether oxygens (including phenoxy) is 1. The predicted octanol–water partition coefficient (Wildman–Crippen LogP) is 0.952. The zero-order chi connectivity index (χ0) is 30.3. The average molecular weight is 606 g/mol. The van der Waals surface area contributed by atoms with Gasteiger partial charge in [0.05, 0.1) is 24.7 Å². The number of piperidine rings is 1. The number of rotatable bonds is 0. The van der Waals surface area contributed by atoms with Gasteiger partial charge in [-0.3, -0.25) is 0 Å². The quantitative estimate of drug-likeness (QED) is 0.432. The Morgan fingerprint density at radius 3 is 1.00 bits per heavy atom. The molecule has 0 unspecified atom stereocenters. The SMILES string of the molecule is CN1CCC1.CN1CCCC1.CN1CCCCC1.CN1CCNCC1.CN1CCOCC1.CN1CCS(=O)(=O)CC1. The molecule has 41 heavy (non-hydrogen) atoms. The lowest BCUT2D eigenvalue weighted by atomic mass is 10.1. The van der Waals surface area contributed by atoms with Crippen LogP contribution >= 0.6 is 0 Å². The number of morpholine rings is 1. The molecular formula is C30H67N7O3S. The van der Waals surface area contributed by atoms with E-state index >= 15 is 0 Å². The third-order valence-electron chi connectivity index (χ3n) is 8.13. The molecule has 11 heteroatoms. The molecule has 6 saturated heterocycles. The Labute approximate surface area is 254 Å². The minimum atomic E-state index is -2.66. The van der Waals surface area contributed by atoms with Crippen molar-refractivity contribution in [2.45, 2.75) is 38.5 Å². The summed E-state index contributed by atoms with van der Waals surface area (Å²) >= 11 is 0. The van der Waals surface area contributed by atoms with Crippen molar-refractivity contribution in [3.8, 4) is 0 Å². The van der Waals surface area contributed by atoms with Crippen LogP contribution in [0.1, 0.15) is 38.5 Å². The van der Waals surface area contributed by atoms with Crippen LogP contribution in [0.5, 0.6) is 0 Å². The Kier molecular flexibility index (Phi) is 22.6. The summed E-state index contributed by atoms with van der Waals surface area (Å²) < 4.78 is 26.6. The van der Waals surface area contributed by atoms with E-state index in [0.717, 1.165) is 39.4 Å². The molecule has 0 saturated carbocycles. The van der Waals surface area contributed by atoms with Gasteiger partial charge in [-0.05, 0) is 114 Å². The summed E-state index contributed by atoms with van der Waals surface area (Å²) in [6.07, 6.45) is 8.51. The van der Waals surface area contributed by atoms with E-state index in [1.807, 2.05) is 11.9 Å². The molecule has 6 rings (SSSR count). The van der Waals surface area contributed by atoms with Gasteiger partial charge in [-0.15, -0.1) is 0 Å². The van der Waals surface area contributed by atoms with Crippen LogP contribution < -0.4 is 5.32 Å². The van der Waals surface area contributed by atoms with E-state index in [2.05, 4.69) is 65.1 Å². The highest BCUT2D eigenvalue weighted by atomic mass is 32.2. The summed E-state index contributed by atoms with van der Waals surface area (Å²) in [6.45, 7) is 18.1. The van der Waals surface area contributed by atoms with Crippen LogP contribution in [0.4, 0.5) is 0 Å². The Balaban J connectivity index is 0.000000248. The zero-order valence-corrected chi connectivity index (χ0v) is 28.6. The van der Waals surface area contributed by atoms with E-state index in [1.54, 1.807) is 0 Å². The van der Waals surface area contributed by atoms with Gasteiger partial charge >= 0.3 is 0 Å². The van der Waals surface area contributed by atoms with Gasteiger partial charge in [0.2, 0.25) is 0 Å². The van der Waals surface area contributed by atoms with Crippen molar-refractivity contribution < 1.29 is 13.2 Å². The van der Waals surface area contributed by atoms with Crippen molar-refractivity contribution in [2.75, 3.05) is 159 Å². The van der Waals surface area contributed by atoms with Gasteiger partial charge in [0.25, 0.3) is 0 Å². The second-order valence-electron chi connectivity index (χ2n) is 12.5. The summed E-state index contributed by atoms with van der Waals surface area (Å²) in [6, 6.07) is 0. The van der Waals surface area contributed by atoms with Crippen molar-refractivity contribution >= 4 is 9.84 Å². The Hall–Kier alpha value is -0.370. The minimum Gasteiger partial charge on any atom is -0.379 e. The Bertz CT molecular complexity index is 636. The van der Waals surface area contributed by atoms with Crippen LogP contribution in [-0.4, -0.2) is 196 Å². The molecule has 0 radical (unpaired) electrons. The summed E-state index contributed by atoms with van der Waals surface area (Å²) in [5, 5.41) is 3.27. The van der Waals surface area contributed by atoms with Crippen LogP contribution in [0.2, 0.25) is 0 Å². The molecule has 6 aliphatic heterocycles. The van der Waals surface area contributed by atoms with Gasteiger partial charge in [-0.25, -0.2) is 8.42 Å². The number of piperazine rings is 1. The lowest BCUT2D eigenvalue weighted by Crippen LogP contribution is -2.40. The second kappa shape index (κ2) is 24.0. The predicted molar refractivity (Wildman–Crippen MR) is 175 cm³/mol. The molecule has 6 fully saturated rings. The molecule has 0 amide bonds. The molecule has 1 N–H and O–H groups in total. The van der Waals surface area contributed by atoms with E-state index in [4.69, 9.17) is 4.74 Å². The first kappa shape index (κ1) is 38.7. The topological polar surface area (TPSA) is 74.8 Å². The zero-order valence-electron chi connectivity index (χ0n) is 27.8. The summed E-state index contributed by atoms with van der Waals surface area (Å²) in [5.74, 6) is 0.674. The molecule has 6 heterocycles. The van der Waals surface area contributed by atoms with Crippen LogP contribution in [0.15, 0.2) is 0 Å². The van der Waals surface area contributed by atoms with Gasteiger partial charge in [0.1, 0.15) is 0 Å². The van der Waals surface area contributed by atoms with Gasteiger partial charge in [0.15, 0.2) is 9.84 Å². The lowest BCUT2D eigenvalue weighted by molar-refractivity contribution is 0.0503. The van der Waals surface area contributed by atoms with E-state index in [-0.39, 0.29) is 0 Å². The standard InChI is InChI=1S/C6H13N.C5H12N2.C5H11NO2S.C5H11NO.C5H11N.C4H9N/c1-7-5-3-2-4-6-7;1-7-4-2-6-3-5-7;1-6-2-4-9(7,8)5-3-6;1-6-2-4-7-5-3-6;1-6-4-2-3-5-6;1-5-3-2-4-5/h2-6H2,1H3;6H,2-5H2,1H3;2-5H2,1H3;2-5H2,1H3;2-5H2,1H3;2-4H2,1H3. The molecule has 246 valence electrons. The molecule has 6 aliphatic rings. The van der Waals surface area contributed by atoms with Gasteiger partial charge in [0, 0.05) is 52.4 Å². The minimum absolute atomic E-state index is 0.337. The molecule has 10 nitrogen and oxygen atoms in total. The third kappa shape index (κ3) is 23.7. The molecule has 0 atom stereocenters. The van der Waals surface area contributed by atoms with Crippen LogP contribution in [0, 0.1) is 0 Å². The number of likely N-dealkylation sites (tertiary alicyclic amines) is 3. The maximum atomic E-state index is 10.8. The van der Waals surface area contributed by atoms with Crippen molar-refractivity contribution in [1.82, 2.24) is 34.7 Å². The maximum absolute atomic E-state index is 10.8. The average Bonchev–Trinajstić information content (AvgIpc) is 3.43. The Morgan fingerprint density at radius 2 is 0.780 bits per heavy atom. The molecule has 0 bridgehead atoms. The normalized spacial score (nSPS) is 26.0. The highest BCUT2D eigenvalue weighted by Crippen LogP contribution is 2.05. The fourth-order valence-corrected chi connectivity index (χ4v) is 6.02. The molecule has 0 aromatic carbocycles. The number of nitrogens with one attached hydrogen (secondary N) is 1. The van der Waals surface area contributed by atoms with Gasteiger partial charge in [-0.1, -0.05) is 6.42 Å². The largest absolute Gasteiger partial charge is 0.379 e. The van der Waals surface area contributed by atoms with E-state index < -0.39 is 9.84 Å². The fraction of sp³-hybridized carbons (Fsp3) is 1.00. The maximum Gasteiger partial charge on any atom is 0.152 e. The molecule has 0 aromatic rings. The van der Waals surface area contributed by atoms with Crippen molar-refractivity contribution in [2.24, 2.45) is 0 Å². The number of hydrogen-bond acceptors (Lipinski definition) is 10. The number of nitrogens with zero attached hydrogens (tertiary/aromatic N) is 6. The van der Waals surface area contributed by atoms with E-state index in [1.165, 1.54) is 90.9 Å². The second-order valence-corrected chi connectivity index (χ2v) is 14.8. The van der Waals surface area contributed by atoms with Crippen molar-refractivity contribution in [3.05, 3.63) is 0 Å². The highest BCUT2D eigenvalue weighted by Gasteiger charge is 2.18. The summed E-state index contributed by atoms with van der Waals surface area (Å²) in [7, 11) is 10.1. The first-order valence-electron chi connectivity index (χ1n) is 16.2. The monoisotopic (exact) mass is 606 g/mol. The lowest BCUT2D eigenvalue weighted by Gasteiger charge is -2.24. The number of sulfone groups is 1. The summed E-state index contributed by atoms with van der Waals surface area (Å²) in [5.41, 5.74) is 0. The smallest absolute Gasteiger partial charge is 0.152 e. The van der Waals surface area contributed by atoms with Crippen LogP contribution in [-0.2, 0) is 14.6 Å². The van der Waals surface area contributed by atoms with Crippen LogP contribution in [0.25, 0.3) is 0 Å². The Morgan fingerprint density at radius 1 is 0.439 bits per heavy atom. The van der Waals surface area contributed by atoms with Gasteiger partial charge in [-0.2, -0.15) is 0 Å². The third-order valence-corrected chi connectivity index (χ3v) is 9.74. The number of hydrogen-bond donors (Lipinski definition) is 1. The first-order valence-corrected chi connectivity index (χ1v) is 18.0. The van der Waals surface area contributed by atoms with Crippen molar-refractivity contribution in [3.63, 3.8) is 0 Å². The highest BCUT2D eigenvalue weighted by molar-refractivity contribution is 7.91. The summed E-state index contributed by atoms with van der Waals surface area (Å²) in [4.78, 5) is 13.7. The molecule has 0 spiro atoms. The van der Waals surface area contributed by atoms with Crippen LogP contribution in [0.3, 0.4) is 0 Å². The molecule has 0 aromatic heterocycles. The molecular weight excluding hydrogens is 538 g/mol. The first-order chi connectivity index (χ1) is 19.6. The van der Waals surface area contributed by atoms with Crippen molar-refractivity contribution in [1.29, 1.82) is 0 Å². The number of likely N-dealkylation sites (N-methyl/N-ethyl adjacent to an activating group) is 2. The van der Waals surface area contributed by atoms with E-state index in [0.29, 0.717) is 24.6 Å². The molecule has 0 aliphatic carbocycles. The van der Waals surface area contributed by atoms with Gasteiger partial charge < -0.3 is 39.5 Å².